The normalized spacial score (nSPS) is 18.9. The monoisotopic (exact) mass is 346 g/mol. The van der Waals surface area contributed by atoms with Gasteiger partial charge >= 0.3 is 0 Å². The maximum Gasteiger partial charge on any atom is 0.234 e. The van der Waals surface area contributed by atoms with Crippen LogP contribution in [0.4, 0.5) is 4.39 Å². The van der Waals surface area contributed by atoms with E-state index in [2.05, 4.69) is 28.6 Å². The number of amides is 1. The van der Waals surface area contributed by atoms with Gasteiger partial charge in [-0.25, -0.2) is 4.39 Å². The standard InChI is InChI=1S/C19H23FN2OS/c1-3-17-16-9-11-24-18(16)8-10-22(17)12-19(23)21-13(2)14-4-6-15(20)7-5-14/h4-7,9,11,13,17H,3,8,10,12H2,1-2H3,(H,21,23)/t13-,17-/m1/s1. The highest BCUT2D eigenvalue weighted by Crippen LogP contribution is 2.34. The summed E-state index contributed by atoms with van der Waals surface area (Å²) in [6, 6.07) is 8.68. The molecule has 0 saturated carbocycles. The van der Waals surface area contributed by atoms with Crippen molar-refractivity contribution in [2.24, 2.45) is 0 Å². The van der Waals surface area contributed by atoms with E-state index < -0.39 is 0 Å². The summed E-state index contributed by atoms with van der Waals surface area (Å²) in [5, 5.41) is 5.17. The lowest BCUT2D eigenvalue weighted by Gasteiger charge is -2.35. The van der Waals surface area contributed by atoms with Gasteiger partial charge in [-0.05, 0) is 54.5 Å². The Bertz CT molecular complexity index is 698. The summed E-state index contributed by atoms with van der Waals surface area (Å²) in [7, 11) is 0. The van der Waals surface area contributed by atoms with Gasteiger partial charge in [0.1, 0.15) is 5.82 Å². The average Bonchev–Trinajstić information content (AvgIpc) is 3.03. The molecular weight excluding hydrogens is 323 g/mol. The Labute approximate surface area is 146 Å². The van der Waals surface area contributed by atoms with Crippen LogP contribution in [0.5, 0.6) is 0 Å². The van der Waals surface area contributed by atoms with Gasteiger partial charge in [0.15, 0.2) is 0 Å². The summed E-state index contributed by atoms with van der Waals surface area (Å²) in [6.07, 6.45) is 2.02. The van der Waals surface area contributed by atoms with Crippen molar-refractivity contribution in [2.45, 2.75) is 38.8 Å². The fourth-order valence-corrected chi connectivity index (χ4v) is 4.35. The third-order valence-electron chi connectivity index (χ3n) is 4.69. The van der Waals surface area contributed by atoms with E-state index >= 15 is 0 Å². The predicted octanol–water partition coefficient (Wildman–Crippen LogP) is 4.07. The molecule has 5 heteroatoms. The van der Waals surface area contributed by atoms with Gasteiger partial charge in [0.2, 0.25) is 5.91 Å². The Balaban J connectivity index is 1.61. The number of hydrogen-bond acceptors (Lipinski definition) is 3. The lowest BCUT2D eigenvalue weighted by molar-refractivity contribution is -0.123. The van der Waals surface area contributed by atoms with E-state index in [9.17, 15) is 9.18 Å². The van der Waals surface area contributed by atoms with Gasteiger partial charge in [0.25, 0.3) is 0 Å². The lowest BCUT2D eigenvalue weighted by Crippen LogP contribution is -2.42. The van der Waals surface area contributed by atoms with Gasteiger partial charge in [-0.2, -0.15) is 0 Å². The van der Waals surface area contributed by atoms with E-state index in [1.807, 2.05) is 18.3 Å². The highest BCUT2D eigenvalue weighted by Gasteiger charge is 2.28. The van der Waals surface area contributed by atoms with E-state index in [1.54, 1.807) is 12.1 Å². The number of thiophene rings is 1. The van der Waals surface area contributed by atoms with Crippen molar-refractivity contribution in [3.8, 4) is 0 Å². The van der Waals surface area contributed by atoms with Crippen LogP contribution in [0.15, 0.2) is 35.7 Å². The summed E-state index contributed by atoms with van der Waals surface area (Å²) in [4.78, 5) is 16.2. The zero-order valence-corrected chi connectivity index (χ0v) is 14.9. The molecule has 3 nitrogen and oxygen atoms in total. The molecule has 0 unspecified atom stereocenters. The predicted molar refractivity (Wildman–Crippen MR) is 95.6 cm³/mol. The van der Waals surface area contributed by atoms with E-state index in [0.29, 0.717) is 12.6 Å². The molecule has 128 valence electrons. The number of benzene rings is 1. The van der Waals surface area contributed by atoms with Crippen molar-refractivity contribution < 1.29 is 9.18 Å². The minimum absolute atomic E-state index is 0.0176. The van der Waals surface area contributed by atoms with Gasteiger partial charge in [0.05, 0.1) is 12.6 Å². The van der Waals surface area contributed by atoms with E-state index in [-0.39, 0.29) is 17.8 Å². The molecule has 0 radical (unpaired) electrons. The Morgan fingerprint density at radius 3 is 2.83 bits per heavy atom. The Morgan fingerprint density at radius 1 is 1.38 bits per heavy atom. The molecule has 24 heavy (non-hydrogen) atoms. The van der Waals surface area contributed by atoms with Crippen LogP contribution in [0, 0.1) is 5.82 Å². The summed E-state index contributed by atoms with van der Waals surface area (Å²) >= 11 is 1.82. The topological polar surface area (TPSA) is 32.3 Å². The highest BCUT2D eigenvalue weighted by molar-refractivity contribution is 7.10. The number of carbonyl (C=O) groups is 1. The molecule has 2 heterocycles. The average molecular weight is 346 g/mol. The van der Waals surface area contributed by atoms with Gasteiger partial charge in [0, 0.05) is 17.5 Å². The summed E-state index contributed by atoms with van der Waals surface area (Å²) in [5.41, 5.74) is 2.30. The Hall–Kier alpha value is -1.72. The summed E-state index contributed by atoms with van der Waals surface area (Å²) < 4.78 is 13.0. The molecule has 2 atom stereocenters. The van der Waals surface area contributed by atoms with E-state index in [1.165, 1.54) is 22.6 Å². The van der Waals surface area contributed by atoms with Gasteiger partial charge in [-0.3, -0.25) is 9.69 Å². The van der Waals surface area contributed by atoms with Crippen molar-refractivity contribution >= 4 is 17.2 Å². The second-order valence-corrected chi connectivity index (χ2v) is 7.29. The van der Waals surface area contributed by atoms with E-state index in [0.717, 1.165) is 24.9 Å². The highest BCUT2D eigenvalue weighted by atomic mass is 32.1. The molecule has 0 aliphatic carbocycles. The quantitative estimate of drug-likeness (QED) is 0.885. The van der Waals surface area contributed by atoms with Crippen LogP contribution in [0.3, 0.4) is 0 Å². The number of carbonyl (C=O) groups excluding carboxylic acids is 1. The smallest absolute Gasteiger partial charge is 0.234 e. The first-order valence-electron chi connectivity index (χ1n) is 8.43. The number of nitrogens with one attached hydrogen (secondary N) is 1. The molecular formula is C19H23FN2OS. The van der Waals surface area contributed by atoms with Crippen LogP contribution in [0.25, 0.3) is 0 Å². The van der Waals surface area contributed by atoms with Crippen molar-refractivity contribution in [2.75, 3.05) is 13.1 Å². The molecule has 0 fully saturated rings. The molecule has 0 spiro atoms. The first-order valence-corrected chi connectivity index (χ1v) is 9.31. The molecule has 1 aromatic heterocycles. The molecule has 1 N–H and O–H groups in total. The van der Waals surface area contributed by atoms with Gasteiger partial charge < -0.3 is 5.32 Å². The molecule has 1 aliphatic heterocycles. The Kier molecular flexibility index (Phi) is 5.31. The van der Waals surface area contributed by atoms with Crippen LogP contribution < -0.4 is 5.32 Å². The van der Waals surface area contributed by atoms with Crippen LogP contribution >= 0.6 is 11.3 Å². The SMILES string of the molecule is CC[C@@H]1c2ccsc2CCN1CC(=O)N[C@H](C)c1ccc(F)cc1. The zero-order chi connectivity index (χ0) is 17.1. The maximum atomic E-state index is 13.0. The molecule has 0 bridgehead atoms. The first-order chi connectivity index (χ1) is 11.6. The molecule has 3 rings (SSSR count). The second-order valence-electron chi connectivity index (χ2n) is 6.28. The number of rotatable bonds is 5. The molecule has 0 saturated heterocycles. The van der Waals surface area contributed by atoms with Crippen molar-refractivity contribution in [1.82, 2.24) is 10.2 Å². The lowest BCUT2D eigenvalue weighted by atomic mass is 9.98. The number of halogens is 1. The molecule has 1 aliphatic rings. The van der Waals surface area contributed by atoms with Crippen molar-refractivity contribution in [3.63, 3.8) is 0 Å². The van der Waals surface area contributed by atoms with Crippen molar-refractivity contribution in [3.05, 3.63) is 57.5 Å². The Morgan fingerprint density at radius 2 is 2.12 bits per heavy atom. The molecule has 2 aromatic rings. The molecule has 1 aromatic carbocycles. The second kappa shape index (κ2) is 7.45. The fourth-order valence-electron chi connectivity index (χ4n) is 3.42. The fraction of sp³-hybridized carbons (Fsp3) is 0.421. The molecule has 1 amide bonds. The first kappa shape index (κ1) is 17.1. The minimum Gasteiger partial charge on any atom is -0.348 e. The van der Waals surface area contributed by atoms with Crippen LogP contribution in [-0.4, -0.2) is 23.9 Å². The maximum absolute atomic E-state index is 13.0. The van der Waals surface area contributed by atoms with Crippen LogP contribution in [0.2, 0.25) is 0 Å². The van der Waals surface area contributed by atoms with Crippen molar-refractivity contribution in [1.29, 1.82) is 0 Å². The third-order valence-corrected chi connectivity index (χ3v) is 5.68. The van der Waals surface area contributed by atoms with Crippen LogP contribution in [0.1, 0.15) is 48.4 Å². The summed E-state index contributed by atoms with van der Waals surface area (Å²) in [6.45, 7) is 5.42. The third kappa shape index (κ3) is 3.68. The van der Waals surface area contributed by atoms with Gasteiger partial charge in [-0.1, -0.05) is 19.1 Å². The minimum atomic E-state index is -0.261. The summed E-state index contributed by atoms with van der Waals surface area (Å²) in [5.74, 6) is -0.244. The van der Waals surface area contributed by atoms with Gasteiger partial charge in [-0.15, -0.1) is 11.3 Å². The van der Waals surface area contributed by atoms with E-state index in [4.69, 9.17) is 0 Å². The largest absolute Gasteiger partial charge is 0.348 e. The number of hydrogen-bond donors (Lipinski definition) is 1. The number of fused-ring (bicyclic) bond motifs is 1. The zero-order valence-electron chi connectivity index (χ0n) is 14.1. The van der Waals surface area contributed by atoms with Crippen LogP contribution in [-0.2, 0) is 11.2 Å². The number of nitrogens with zero attached hydrogens (tertiary/aromatic N) is 1.